The lowest BCUT2D eigenvalue weighted by Gasteiger charge is -2.03. The van der Waals surface area contributed by atoms with Crippen molar-refractivity contribution in [3.05, 3.63) is 78.4 Å². The SMILES string of the molecule is Cc1ccc(N=Nc2ccc(O)c(-c3cc4ccccc4[nH]3)c2)cc1. The van der Waals surface area contributed by atoms with Crippen molar-refractivity contribution in [1.82, 2.24) is 4.98 Å². The van der Waals surface area contributed by atoms with Gasteiger partial charge in [-0.2, -0.15) is 10.2 Å². The lowest BCUT2D eigenvalue weighted by atomic mass is 10.1. The van der Waals surface area contributed by atoms with E-state index in [1.807, 2.05) is 67.6 Å². The molecule has 4 heteroatoms. The summed E-state index contributed by atoms with van der Waals surface area (Å²) in [6.45, 7) is 2.04. The number of H-pyrrole nitrogens is 1. The predicted octanol–water partition coefficient (Wildman–Crippen LogP) is 6.26. The molecular formula is C21H17N3O. The van der Waals surface area contributed by atoms with E-state index in [0.29, 0.717) is 11.3 Å². The first-order valence-corrected chi connectivity index (χ1v) is 8.08. The number of aromatic nitrogens is 1. The molecule has 1 heterocycles. The van der Waals surface area contributed by atoms with E-state index in [2.05, 4.69) is 15.2 Å². The Morgan fingerprint density at radius 1 is 0.800 bits per heavy atom. The van der Waals surface area contributed by atoms with Crippen LogP contribution in [0.15, 0.2) is 83.0 Å². The van der Waals surface area contributed by atoms with Crippen molar-refractivity contribution in [3.63, 3.8) is 0 Å². The Morgan fingerprint density at radius 2 is 1.52 bits per heavy atom. The third-order valence-corrected chi connectivity index (χ3v) is 4.12. The monoisotopic (exact) mass is 327 g/mol. The number of hydrogen-bond donors (Lipinski definition) is 2. The molecule has 2 N–H and O–H groups in total. The van der Waals surface area contributed by atoms with Crippen LogP contribution in [0.3, 0.4) is 0 Å². The molecule has 0 bridgehead atoms. The Morgan fingerprint density at radius 3 is 2.32 bits per heavy atom. The maximum absolute atomic E-state index is 10.2. The van der Waals surface area contributed by atoms with Crippen molar-refractivity contribution < 1.29 is 5.11 Å². The van der Waals surface area contributed by atoms with Crippen LogP contribution in [0.25, 0.3) is 22.2 Å². The highest BCUT2D eigenvalue weighted by Crippen LogP contribution is 2.34. The predicted molar refractivity (Wildman–Crippen MR) is 101 cm³/mol. The first-order chi connectivity index (χ1) is 12.2. The number of benzene rings is 3. The van der Waals surface area contributed by atoms with Crippen LogP contribution in [0.1, 0.15) is 5.56 Å². The van der Waals surface area contributed by atoms with E-state index in [1.165, 1.54) is 5.56 Å². The van der Waals surface area contributed by atoms with E-state index in [1.54, 1.807) is 12.1 Å². The van der Waals surface area contributed by atoms with Gasteiger partial charge in [0.1, 0.15) is 5.75 Å². The summed E-state index contributed by atoms with van der Waals surface area (Å²) >= 11 is 0. The fraction of sp³-hybridized carbons (Fsp3) is 0.0476. The average Bonchev–Trinajstić information content (AvgIpc) is 3.06. The van der Waals surface area contributed by atoms with Crippen LogP contribution in [0.2, 0.25) is 0 Å². The highest BCUT2D eigenvalue weighted by Gasteiger charge is 2.09. The van der Waals surface area contributed by atoms with Gasteiger partial charge >= 0.3 is 0 Å². The first kappa shape index (κ1) is 15.1. The van der Waals surface area contributed by atoms with Crippen molar-refractivity contribution in [2.45, 2.75) is 6.92 Å². The van der Waals surface area contributed by atoms with Crippen molar-refractivity contribution in [1.29, 1.82) is 0 Å². The molecule has 122 valence electrons. The van der Waals surface area contributed by atoms with Gasteiger partial charge in [0.25, 0.3) is 0 Å². The summed E-state index contributed by atoms with van der Waals surface area (Å²) in [6, 6.07) is 23.1. The third-order valence-electron chi connectivity index (χ3n) is 4.12. The lowest BCUT2D eigenvalue weighted by Crippen LogP contribution is -1.79. The Balaban J connectivity index is 1.69. The van der Waals surface area contributed by atoms with Crippen molar-refractivity contribution >= 4 is 22.3 Å². The molecule has 0 unspecified atom stereocenters. The van der Waals surface area contributed by atoms with Gasteiger partial charge in [-0.1, -0.05) is 35.9 Å². The van der Waals surface area contributed by atoms with Crippen LogP contribution in [0.4, 0.5) is 11.4 Å². The number of fused-ring (bicyclic) bond motifs is 1. The minimum Gasteiger partial charge on any atom is -0.507 e. The van der Waals surface area contributed by atoms with Crippen LogP contribution < -0.4 is 0 Å². The number of aryl methyl sites for hydroxylation is 1. The second-order valence-electron chi connectivity index (χ2n) is 6.01. The Bertz CT molecular complexity index is 1030. The van der Waals surface area contributed by atoms with Crippen molar-refractivity contribution in [2.75, 3.05) is 0 Å². The van der Waals surface area contributed by atoms with Gasteiger partial charge in [0.2, 0.25) is 0 Å². The summed E-state index contributed by atoms with van der Waals surface area (Å²) in [7, 11) is 0. The van der Waals surface area contributed by atoms with Gasteiger partial charge in [0, 0.05) is 16.5 Å². The van der Waals surface area contributed by atoms with Gasteiger partial charge in [-0.15, -0.1) is 0 Å². The van der Waals surface area contributed by atoms with Gasteiger partial charge in [0.15, 0.2) is 0 Å². The van der Waals surface area contributed by atoms with E-state index in [4.69, 9.17) is 0 Å². The normalized spacial score (nSPS) is 11.4. The Hall–Kier alpha value is -3.40. The smallest absolute Gasteiger partial charge is 0.125 e. The Labute approximate surface area is 145 Å². The molecule has 0 atom stereocenters. The Kier molecular flexibility index (Phi) is 3.78. The highest BCUT2D eigenvalue weighted by molar-refractivity contribution is 5.87. The van der Waals surface area contributed by atoms with Crippen LogP contribution >= 0.6 is 0 Å². The average molecular weight is 327 g/mol. The molecule has 4 rings (SSSR count). The minimum absolute atomic E-state index is 0.209. The van der Waals surface area contributed by atoms with Gasteiger partial charge in [0.05, 0.1) is 17.1 Å². The number of nitrogens with zero attached hydrogens (tertiary/aromatic N) is 2. The number of phenols is 1. The number of hydrogen-bond acceptors (Lipinski definition) is 3. The number of aromatic amines is 1. The van der Waals surface area contributed by atoms with Crippen LogP contribution in [-0.2, 0) is 0 Å². The molecule has 0 saturated heterocycles. The van der Waals surface area contributed by atoms with Gasteiger partial charge < -0.3 is 10.1 Å². The summed E-state index contributed by atoms with van der Waals surface area (Å²) in [5.41, 5.74) is 5.26. The molecule has 1 aromatic heterocycles. The van der Waals surface area contributed by atoms with Crippen molar-refractivity contribution in [2.24, 2.45) is 10.2 Å². The molecule has 0 fully saturated rings. The zero-order chi connectivity index (χ0) is 17.2. The van der Waals surface area contributed by atoms with Crippen molar-refractivity contribution in [3.8, 4) is 17.0 Å². The van der Waals surface area contributed by atoms with Gasteiger partial charge in [-0.3, -0.25) is 0 Å². The van der Waals surface area contributed by atoms with Crippen LogP contribution in [0.5, 0.6) is 5.75 Å². The summed E-state index contributed by atoms with van der Waals surface area (Å²) < 4.78 is 0. The largest absolute Gasteiger partial charge is 0.507 e. The minimum atomic E-state index is 0.209. The lowest BCUT2D eigenvalue weighted by molar-refractivity contribution is 0.477. The third kappa shape index (κ3) is 3.15. The molecular weight excluding hydrogens is 310 g/mol. The molecule has 4 nitrogen and oxygen atoms in total. The number of nitrogens with one attached hydrogen (secondary N) is 1. The van der Waals surface area contributed by atoms with E-state index in [-0.39, 0.29) is 5.75 Å². The summed E-state index contributed by atoms with van der Waals surface area (Å²) in [4.78, 5) is 3.33. The fourth-order valence-corrected chi connectivity index (χ4v) is 2.75. The van der Waals surface area contributed by atoms with Gasteiger partial charge in [-0.25, -0.2) is 0 Å². The van der Waals surface area contributed by atoms with E-state index < -0.39 is 0 Å². The highest BCUT2D eigenvalue weighted by atomic mass is 16.3. The molecule has 0 aliphatic rings. The molecule has 0 amide bonds. The molecule has 0 aliphatic carbocycles. The maximum atomic E-state index is 10.2. The zero-order valence-corrected chi connectivity index (χ0v) is 13.8. The molecule has 0 aliphatic heterocycles. The molecule has 3 aromatic carbocycles. The summed E-state index contributed by atoms with van der Waals surface area (Å²) in [5.74, 6) is 0.209. The maximum Gasteiger partial charge on any atom is 0.125 e. The van der Waals surface area contributed by atoms with E-state index >= 15 is 0 Å². The number of phenolic OH excluding ortho intramolecular Hbond substituents is 1. The first-order valence-electron chi connectivity index (χ1n) is 8.08. The zero-order valence-electron chi connectivity index (χ0n) is 13.8. The number of para-hydroxylation sites is 1. The molecule has 0 saturated carbocycles. The fourth-order valence-electron chi connectivity index (χ4n) is 2.75. The van der Waals surface area contributed by atoms with Crippen LogP contribution in [0, 0.1) is 6.92 Å². The standard InChI is InChI=1S/C21H17N3O/c1-14-6-8-16(9-7-14)23-24-17-10-11-21(25)18(13-17)20-12-15-4-2-3-5-19(15)22-20/h2-13,22,25H,1H3. The summed E-state index contributed by atoms with van der Waals surface area (Å²) in [6.07, 6.45) is 0. The molecule has 25 heavy (non-hydrogen) atoms. The van der Waals surface area contributed by atoms with Gasteiger partial charge in [-0.05, 0) is 49.4 Å². The quantitative estimate of drug-likeness (QED) is 0.428. The number of azo groups is 1. The summed E-state index contributed by atoms with van der Waals surface area (Å²) in [5, 5.41) is 19.9. The second-order valence-corrected chi connectivity index (χ2v) is 6.01. The second kappa shape index (κ2) is 6.24. The number of aromatic hydroxyl groups is 1. The topological polar surface area (TPSA) is 60.7 Å². The number of rotatable bonds is 3. The molecule has 0 radical (unpaired) electrons. The molecule has 4 aromatic rings. The van der Waals surface area contributed by atoms with Crippen LogP contribution in [-0.4, -0.2) is 10.1 Å². The van der Waals surface area contributed by atoms with E-state index in [9.17, 15) is 5.11 Å². The van der Waals surface area contributed by atoms with E-state index in [0.717, 1.165) is 22.3 Å². The molecule has 0 spiro atoms.